The van der Waals surface area contributed by atoms with E-state index in [2.05, 4.69) is 45.0 Å². The van der Waals surface area contributed by atoms with Crippen molar-refractivity contribution in [3.63, 3.8) is 0 Å². The fraction of sp³-hybridized carbons (Fsp3) is 0.393. The van der Waals surface area contributed by atoms with Crippen molar-refractivity contribution < 1.29 is 14.3 Å². The highest BCUT2D eigenvalue weighted by Crippen LogP contribution is 2.31. The highest BCUT2D eigenvalue weighted by Gasteiger charge is 2.27. The number of methoxy groups -OCH3 is 1. The van der Waals surface area contributed by atoms with E-state index < -0.39 is 5.63 Å². The van der Waals surface area contributed by atoms with Gasteiger partial charge < -0.3 is 19.2 Å². The lowest BCUT2D eigenvalue weighted by atomic mass is 9.99. The second-order valence-corrected chi connectivity index (χ2v) is 9.44. The van der Waals surface area contributed by atoms with Crippen molar-refractivity contribution in [2.75, 3.05) is 51.3 Å². The first-order valence-electron chi connectivity index (χ1n) is 12.3. The minimum Gasteiger partial charge on any atom is -0.507 e. The molecule has 0 amide bonds. The molecule has 1 aromatic heterocycles. The predicted molar refractivity (Wildman–Crippen MR) is 136 cm³/mol. The monoisotopic (exact) mass is 475 g/mol. The van der Waals surface area contributed by atoms with Gasteiger partial charge in [0, 0.05) is 51.4 Å². The Morgan fingerprint density at radius 2 is 1.69 bits per heavy atom. The normalized spacial score (nSPS) is 19.2. The second-order valence-electron chi connectivity index (χ2n) is 9.44. The van der Waals surface area contributed by atoms with E-state index in [-0.39, 0.29) is 5.75 Å². The number of piperazine rings is 1. The van der Waals surface area contributed by atoms with Crippen LogP contribution in [0.5, 0.6) is 11.5 Å². The number of para-hydroxylation sites is 2. The number of rotatable bonds is 7. The number of likely N-dealkylation sites (tertiary alicyclic amines) is 1. The van der Waals surface area contributed by atoms with Crippen LogP contribution in [0.1, 0.15) is 29.0 Å². The number of nitrogens with zero attached hydrogens (tertiary/aromatic N) is 3. The van der Waals surface area contributed by atoms with E-state index in [4.69, 9.17) is 9.15 Å². The van der Waals surface area contributed by atoms with E-state index in [0.717, 1.165) is 57.1 Å². The van der Waals surface area contributed by atoms with Crippen LogP contribution in [0, 0.1) is 0 Å². The van der Waals surface area contributed by atoms with E-state index in [1.165, 1.54) is 11.8 Å². The molecule has 1 unspecified atom stereocenters. The molecule has 5 rings (SSSR count). The summed E-state index contributed by atoms with van der Waals surface area (Å²) in [5.74, 6) is 1.41. The lowest BCUT2D eigenvalue weighted by Gasteiger charge is -2.36. The molecule has 7 nitrogen and oxygen atoms in total. The average molecular weight is 476 g/mol. The highest BCUT2D eigenvalue weighted by molar-refractivity contribution is 5.58. The smallest absolute Gasteiger partial charge is 0.343 e. The molecule has 0 radical (unpaired) electrons. The van der Waals surface area contributed by atoms with Crippen LogP contribution in [0.3, 0.4) is 0 Å². The Bertz CT molecular complexity index is 1190. The minimum absolute atomic E-state index is 0.0802. The van der Waals surface area contributed by atoms with Crippen LogP contribution in [0.25, 0.3) is 0 Å². The van der Waals surface area contributed by atoms with Gasteiger partial charge in [0.1, 0.15) is 17.8 Å². The Morgan fingerprint density at radius 3 is 2.46 bits per heavy atom. The Hall–Kier alpha value is -3.29. The number of anilines is 1. The largest absolute Gasteiger partial charge is 0.507 e. The molecule has 2 fully saturated rings. The molecule has 0 aliphatic carbocycles. The van der Waals surface area contributed by atoms with E-state index in [1.807, 2.05) is 24.3 Å². The van der Waals surface area contributed by atoms with Crippen LogP contribution in [-0.2, 0) is 13.1 Å². The first-order valence-corrected chi connectivity index (χ1v) is 12.3. The molecule has 35 heavy (non-hydrogen) atoms. The predicted octanol–water partition coefficient (Wildman–Crippen LogP) is 3.67. The second kappa shape index (κ2) is 10.5. The topological polar surface area (TPSA) is 69.4 Å². The van der Waals surface area contributed by atoms with Crippen LogP contribution in [0.4, 0.5) is 5.69 Å². The average Bonchev–Trinajstić information content (AvgIpc) is 3.38. The lowest BCUT2D eigenvalue weighted by Crippen LogP contribution is -2.46. The summed E-state index contributed by atoms with van der Waals surface area (Å²) in [6.45, 7) is 6.14. The summed E-state index contributed by atoms with van der Waals surface area (Å²) < 4.78 is 10.9. The Labute approximate surface area is 206 Å². The van der Waals surface area contributed by atoms with Gasteiger partial charge in [-0.25, -0.2) is 4.79 Å². The highest BCUT2D eigenvalue weighted by atomic mass is 16.5. The first-order chi connectivity index (χ1) is 17.1. The molecule has 2 saturated heterocycles. The van der Waals surface area contributed by atoms with Gasteiger partial charge in [-0.1, -0.05) is 42.5 Å². The standard InChI is InChI=1S/C28H33N3O4/c1-34-26-10-6-5-9-25(26)31-15-13-29(14-16-31)18-23-20-35-28(33)24(27(23)32)19-30-12-11-22(17-30)21-7-3-2-4-8-21/h2-10,20,22,32H,11-19H2,1H3. The molecule has 0 bridgehead atoms. The molecule has 1 N–H and O–H groups in total. The van der Waals surface area contributed by atoms with Crippen LogP contribution in [0.2, 0.25) is 0 Å². The third-order valence-electron chi connectivity index (χ3n) is 7.26. The van der Waals surface area contributed by atoms with Crippen LogP contribution in [-0.4, -0.2) is 61.3 Å². The maximum absolute atomic E-state index is 12.5. The summed E-state index contributed by atoms with van der Waals surface area (Å²) in [6, 6.07) is 18.6. The van der Waals surface area contributed by atoms with Gasteiger partial charge in [-0.05, 0) is 36.6 Å². The molecule has 3 aromatic rings. The van der Waals surface area contributed by atoms with Crippen LogP contribution in [0.15, 0.2) is 70.1 Å². The van der Waals surface area contributed by atoms with Gasteiger partial charge in [0.25, 0.3) is 0 Å². The molecule has 2 aliphatic heterocycles. The maximum Gasteiger partial charge on any atom is 0.343 e. The summed E-state index contributed by atoms with van der Waals surface area (Å²) in [6.07, 6.45) is 2.47. The van der Waals surface area contributed by atoms with Gasteiger partial charge in [0.2, 0.25) is 0 Å². The van der Waals surface area contributed by atoms with Gasteiger partial charge >= 0.3 is 5.63 Å². The molecule has 0 saturated carbocycles. The van der Waals surface area contributed by atoms with E-state index in [0.29, 0.717) is 30.1 Å². The van der Waals surface area contributed by atoms with Crippen molar-refractivity contribution >= 4 is 5.69 Å². The summed E-state index contributed by atoms with van der Waals surface area (Å²) in [5.41, 5.74) is 3.01. The number of hydrogen-bond donors (Lipinski definition) is 1. The van der Waals surface area contributed by atoms with Gasteiger partial charge in [-0.2, -0.15) is 0 Å². The molecule has 184 valence electrons. The zero-order chi connectivity index (χ0) is 24.2. The SMILES string of the molecule is COc1ccccc1N1CCN(Cc2coc(=O)c(CN3CCC(c4ccccc4)C3)c2O)CC1. The van der Waals surface area contributed by atoms with Crippen molar-refractivity contribution in [3.05, 3.63) is 88.0 Å². The molecule has 2 aromatic carbocycles. The third-order valence-corrected chi connectivity index (χ3v) is 7.26. The van der Waals surface area contributed by atoms with Crippen LogP contribution < -0.4 is 15.3 Å². The van der Waals surface area contributed by atoms with Crippen molar-refractivity contribution in [2.45, 2.75) is 25.4 Å². The van der Waals surface area contributed by atoms with Crippen molar-refractivity contribution in [1.29, 1.82) is 0 Å². The van der Waals surface area contributed by atoms with Gasteiger partial charge in [0.05, 0.1) is 18.4 Å². The van der Waals surface area contributed by atoms with E-state index in [1.54, 1.807) is 7.11 Å². The fourth-order valence-electron chi connectivity index (χ4n) is 5.27. The molecular formula is C28H33N3O4. The minimum atomic E-state index is -0.449. The summed E-state index contributed by atoms with van der Waals surface area (Å²) in [5, 5.41) is 11.0. The van der Waals surface area contributed by atoms with E-state index >= 15 is 0 Å². The molecule has 7 heteroatoms. The van der Waals surface area contributed by atoms with Crippen molar-refractivity contribution in [1.82, 2.24) is 9.80 Å². The summed E-state index contributed by atoms with van der Waals surface area (Å²) in [4.78, 5) is 19.3. The molecular weight excluding hydrogens is 442 g/mol. The Kier molecular flexibility index (Phi) is 7.06. The quantitative estimate of drug-likeness (QED) is 0.559. The zero-order valence-electron chi connectivity index (χ0n) is 20.2. The molecule has 2 aliphatic rings. The van der Waals surface area contributed by atoms with Crippen LogP contribution >= 0.6 is 0 Å². The number of ether oxygens (including phenoxy) is 1. The number of benzene rings is 2. The summed E-state index contributed by atoms with van der Waals surface area (Å²) >= 11 is 0. The Morgan fingerprint density at radius 1 is 0.943 bits per heavy atom. The maximum atomic E-state index is 12.5. The van der Waals surface area contributed by atoms with Crippen molar-refractivity contribution in [2.24, 2.45) is 0 Å². The van der Waals surface area contributed by atoms with Gasteiger partial charge in [-0.15, -0.1) is 0 Å². The summed E-state index contributed by atoms with van der Waals surface area (Å²) in [7, 11) is 1.70. The van der Waals surface area contributed by atoms with Crippen molar-refractivity contribution in [3.8, 4) is 11.5 Å². The lowest BCUT2D eigenvalue weighted by molar-refractivity contribution is 0.241. The third kappa shape index (κ3) is 5.21. The first kappa shape index (κ1) is 23.5. The number of hydrogen-bond acceptors (Lipinski definition) is 7. The molecule has 0 spiro atoms. The van der Waals surface area contributed by atoms with Gasteiger partial charge in [-0.3, -0.25) is 9.80 Å². The zero-order valence-corrected chi connectivity index (χ0v) is 20.2. The fourth-order valence-corrected chi connectivity index (χ4v) is 5.27. The molecule has 3 heterocycles. The number of aromatic hydroxyl groups is 1. The molecule has 1 atom stereocenters. The van der Waals surface area contributed by atoms with Gasteiger partial charge in [0.15, 0.2) is 0 Å². The Balaban J connectivity index is 1.22. The van der Waals surface area contributed by atoms with E-state index in [9.17, 15) is 9.90 Å².